The fourth-order valence-electron chi connectivity index (χ4n) is 0.730. The summed E-state index contributed by atoms with van der Waals surface area (Å²) in [5, 5.41) is 2.85. The summed E-state index contributed by atoms with van der Waals surface area (Å²) < 4.78 is 0. The van der Waals surface area contributed by atoms with Crippen molar-refractivity contribution in [1.29, 1.82) is 0 Å². The van der Waals surface area contributed by atoms with Crippen molar-refractivity contribution in [3.63, 3.8) is 0 Å². The molecule has 0 saturated carbocycles. The number of carbonyl (C=O) groups is 1. The fourth-order valence-corrected chi connectivity index (χ4v) is 1.20. The molecule has 0 spiro atoms. The lowest BCUT2D eigenvalue weighted by Gasteiger charge is -2.13. The molecule has 0 saturated heterocycles. The number of alkyl halides is 1. The maximum Gasteiger partial charge on any atom is 0.220 e. The zero-order chi connectivity index (χ0) is 10.3. The van der Waals surface area contributed by atoms with Crippen molar-refractivity contribution in [2.24, 2.45) is 5.92 Å². The van der Waals surface area contributed by atoms with Crippen molar-refractivity contribution in [1.82, 2.24) is 5.32 Å². The van der Waals surface area contributed by atoms with E-state index in [0.717, 1.165) is 5.75 Å². The number of carbonyl (C=O) groups excluding carboxylic acids is 1. The highest BCUT2D eigenvalue weighted by atomic mass is 35.5. The van der Waals surface area contributed by atoms with E-state index in [1.807, 2.05) is 20.1 Å². The van der Waals surface area contributed by atoms with Crippen LogP contribution in [-0.4, -0.2) is 29.8 Å². The van der Waals surface area contributed by atoms with Crippen LogP contribution in [0, 0.1) is 5.92 Å². The van der Waals surface area contributed by atoms with Crippen LogP contribution >= 0.6 is 23.4 Å². The summed E-state index contributed by atoms with van der Waals surface area (Å²) in [6, 6.07) is 0. The van der Waals surface area contributed by atoms with Gasteiger partial charge in [-0.15, -0.1) is 11.6 Å². The van der Waals surface area contributed by atoms with Gasteiger partial charge in [-0.05, 0) is 12.2 Å². The minimum atomic E-state index is 0.0400. The first kappa shape index (κ1) is 13.1. The Balaban J connectivity index is 3.46. The number of hydrogen-bond acceptors (Lipinski definition) is 2. The van der Waals surface area contributed by atoms with Gasteiger partial charge in [0.2, 0.25) is 5.91 Å². The summed E-state index contributed by atoms with van der Waals surface area (Å²) in [5.41, 5.74) is 0. The van der Waals surface area contributed by atoms with Gasteiger partial charge in [-0.1, -0.05) is 13.8 Å². The van der Waals surface area contributed by atoms with Gasteiger partial charge in [0.1, 0.15) is 0 Å². The van der Waals surface area contributed by atoms with E-state index in [1.165, 1.54) is 0 Å². The normalized spacial score (nSPS) is 13.0. The fraction of sp³-hybridized carbons (Fsp3) is 0.889. The van der Waals surface area contributed by atoms with Crippen LogP contribution < -0.4 is 5.32 Å². The second kappa shape index (κ2) is 7.51. The average molecular weight is 224 g/mol. The van der Waals surface area contributed by atoms with E-state index in [1.54, 1.807) is 11.8 Å². The standard InChI is InChI=1S/C9H18ClNOS/c1-7(2)8(10)6-11-9(12)4-5-13-3/h7-8H,4-6H2,1-3H3,(H,11,12). The molecule has 0 aromatic carbocycles. The Hall–Kier alpha value is 0.110. The van der Waals surface area contributed by atoms with E-state index in [-0.39, 0.29) is 11.3 Å². The molecule has 0 aromatic heterocycles. The van der Waals surface area contributed by atoms with Crippen LogP contribution in [0.3, 0.4) is 0 Å². The van der Waals surface area contributed by atoms with E-state index >= 15 is 0 Å². The smallest absolute Gasteiger partial charge is 0.220 e. The van der Waals surface area contributed by atoms with Gasteiger partial charge in [0.05, 0.1) is 5.38 Å². The zero-order valence-corrected chi connectivity index (χ0v) is 10.0. The molecule has 1 unspecified atom stereocenters. The highest BCUT2D eigenvalue weighted by molar-refractivity contribution is 7.98. The third kappa shape index (κ3) is 7.20. The van der Waals surface area contributed by atoms with E-state index in [0.29, 0.717) is 18.9 Å². The van der Waals surface area contributed by atoms with Crippen molar-refractivity contribution in [3.8, 4) is 0 Å². The number of thioether (sulfide) groups is 1. The molecule has 0 aliphatic heterocycles. The Labute approximate surface area is 89.8 Å². The summed E-state index contributed by atoms with van der Waals surface area (Å²) in [6.07, 6.45) is 2.58. The SMILES string of the molecule is CSCCC(=O)NCC(Cl)C(C)C. The predicted molar refractivity (Wildman–Crippen MR) is 60.5 cm³/mol. The third-order valence-corrected chi connectivity index (χ3v) is 3.02. The molecular weight excluding hydrogens is 206 g/mol. The molecular formula is C9H18ClNOS. The van der Waals surface area contributed by atoms with Gasteiger partial charge in [-0.3, -0.25) is 4.79 Å². The Morgan fingerprint density at radius 3 is 2.62 bits per heavy atom. The molecule has 0 rings (SSSR count). The van der Waals surface area contributed by atoms with E-state index in [9.17, 15) is 4.79 Å². The maximum absolute atomic E-state index is 11.1. The molecule has 2 nitrogen and oxygen atoms in total. The minimum absolute atomic E-state index is 0.0400. The number of halogens is 1. The average Bonchev–Trinajstić information content (AvgIpc) is 2.10. The van der Waals surface area contributed by atoms with E-state index in [2.05, 4.69) is 5.32 Å². The topological polar surface area (TPSA) is 29.1 Å². The quantitative estimate of drug-likeness (QED) is 0.699. The molecule has 0 aliphatic carbocycles. The molecule has 0 bridgehead atoms. The van der Waals surface area contributed by atoms with Gasteiger partial charge in [0.25, 0.3) is 0 Å². The first-order valence-corrected chi connectivity index (χ1v) is 6.30. The predicted octanol–water partition coefficient (Wildman–Crippen LogP) is 2.12. The molecule has 0 aliphatic rings. The summed E-state index contributed by atoms with van der Waals surface area (Å²) >= 11 is 7.65. The first-order valence-electron chi connectivity index (χ1n) is 4.47. The molecule has 1 N–H and O–H groups in total. The van der Waals surface area contributed by atoms with Crippen molar-refractivity contribution >= 4 is 29.3 Å². The molecule has 0 heterocycles. The molecule has 0 aromatic rings. The monoisotopic (exact) mass is 223 g/mol. The lowest BCUT2D eigenvalue weighted by Crippen LogP contribution is -2.32. The van der Waals surface area contributed by atoms with E-state index < -0.39 is 0 Å². The summed E-state index contributed by atoms with van der Waals surface area (Å²) in [6.45, 7) is 4.67. The second-order valence-electron chi connectivity index (χ2n) is 3.31. The lowest BCUT2D eigenvalue weighted by molar-refractivity contribution is -0.120. The van der Waals surface area contributed by atoms with E-state index in [4.69, 9.17) is 11.6 Å². The maximum atomic E-state index is 11.1. The van der Waals surface area contributed by atoms with Gasteiger partial charge >= 0.3 is 0 Å². The van der Waals surface area contributed by atoms with Gasteiger partial charge < -0.3 is 5.32 Å². The van der Waals surface area contributed by atoms with Crippen LogP contribution in [0.15, 0.2) is 0 Å². The molecule has 1 atom stereocenters. The van der Waals surface area contributed by atoms with Crippen LogP contribution in [0.2, 0.25) is 0 Å². The van der Waals surface area contributed by atoms with Crippen LogP contribution in [0.25, 0.3) is 0 Å². The minimum Gasteiger partial charge on any atom is -0.355 e. The Bertz CT molecular complexity index is 153. The Morgan fingerprint density at radius 1 is 1.54 bits per heavy atom. The van der Waals surface area contributed by atoms with Gasteiger partial charge in [-0.25, -0.2) is 0 Å². The molecule has 78 valence electrons. The van der Waals surface area contributed by atoms with Crippen molar-refractivity contribution in [2.75, 3.05) is 18.6 Å². The number of hydrogen-bond donors (Lipinski definition) is 1. The summed E-state index contributed by atoms with van der Waals surface area (Å²) in [5.74, 6) is 1.38. The largest absolute Gasteiger partial charge is 0.355 e. The zero-order valence-electron chi connectivity index (χ0n) is 8.47. The number of rotatable bonds is 6. The van der Waals surface area contributed by atoms with Crippen LogP contribution in [0.4, 0.5) is 0 Å². The van der Waals surface area contributed by atoms with Gasteiger partial charge in [-0.2, -0.15) is 11.8 Å². The number of amides is 1. The molecule has 1 amide bonds. The third-order valence-electron chi connectivity index (χ3n) is 1.75. The van der Waals surface area contributed by atoms with Crippen LogP contribution in [0.1, 0.15) is 20.3 Å². The number of nitrogens with one attached hydrogen (secondary N) is 1. The molecule has 0 fully saturated rings. The molecule has 13 heavy (non-hydrogen) atoms. The second-order valence-corrected chi connectivity index (χ2v) is 4.85. The lowest BCUT2D eigenvalue weighted by atomic mass is 10.1. The van der Waals surface area contributed by atoms with Gasteiger partial charge in [0, 0.05) is 18.7 Å². The highest BCUT2D eigenvalue weighted by Gasteiger charge is 2.10. The molecule has 4 heteroatoms. The van der Waals surface area contributed by atoms with Gasteiger partial charge in [0.15, 0.2) is 0 Å². The van der Waals surface area contributed by atoms with Crippen molar-refractivity contribution < 1.29 is 4.79 Å². The first-order chi connectivity index (χ1) is 6.07. The summed E-state index contributed by atoms with van der Waals surface area (Å²) in [7, 11) is 0. The Kier molecular flexibility index (Phi) is 7.57. The highest BCUT2D eigenvalue weighted by Crippen LogP contribution is 2.07. The summed E-state index contributed by atoms with van der Waals surface area (Å²) in [4.78, 5) is 11.1. The van der Waals surface area contributed by atoms with Crippen molar-refractivity contribution in [3.05, 3.63) is 0 Å². The Morgan fingerprint density at radius 2 is 2.15 bits per heavy atom. The van der Waals surface area contributed by atoms with Crippen LogP contribution in [0.5, 0.6) is 0 Å². The van der Waals surface area contributed by atoms with Crippen molar-refractivity contribution in [2.45, 2.75) is 25.6 Å². The van der Waals surface area contributed by atoms with Crippen LogP contribution in [-0.2, 0) is 4.79 Å². The molecule has 0 radical (unpaired) electrons.